The lowest BCUT2D eigenvalue weighted by atomic mass is 9.96. The number of aliphatic hydroxyl groups excluding tert-OH is 1. The van der Waals surface area contributed by atoms with Crippen LogP contribution in [0, 0.1) is 5.92 Å². The second-order valence-corrected chi connectivity index (χ2v) is 7.51. The van der Waals surface area contributed by atoms with Crippen molar-refractivity contribution in [1.29, 1.82) is 0 Å². The van der Waals surface area contributed by atoms with Crippen molar-refractivity contribution in [3.05, 3.63) is 29.3 Å². The van der Waals surface area contributed by atoms with E-state index in [0.29, 0.717) is 6.54 Å². The average molecular weight is 330 g/mol. The molecule has 1 N–H and O–H groups in total. The van der Waals surface area contributed by atoms with Crippen LogP contribution in [0.1, 0.15) is 56.8 Å². The highest BCUT2D eigenvalue weighted by atomic mass is 16.3. The van der Waals surface area contributed by atoms with Crippen molar-refractivity contribution < 1.29 is 9.90 Å². The fourth-order valence-electron chi connectivity index (χ4n) is 3.86. The Morgan fingerprint density at radius 1 is 1.12 bits per heavy atom. The molecule has 0 aliphatic carbocycles. The molecule has 0 unspecified atom stereocenters. The number of aryl methyl sites for hydroxylation is 1. The maximum absolute atomic E-state index is 12.4. The van der Waals surface area contributed by atoms with E-state index in [1.807, 2.05) is 30.9 Å². The number of nitrogens with zero attached hydrogens (tertiary/aromatic N) is 2. The Morgan fingerprint density at radius 3 is 2.58 bits per heavy atom. The number of fused-ring (bicyclic) bond motifs is 1. The summed E-state index contributed by atoms with van der Waals surface area (Å²) in [5.74, 6) is 0.206. The van der Waals surface area contributed by atoms with Crippen LogP contribution in [-0.2, 0) is 11.2 Å². The number of carbonyl (C=O) groups is 1. The molecular weight excluding hydrogens is 300 g/mol. The number of rotatable bonds is 4. The fourth-order valence-corrected chi connectivity index (χ4v) is 3.86. The topological polar surface area (TPSA) is 43.8 Å². The molecule has 2 aliphatic rings. The van der Waals surface area contributed by atoms with Crippen LogP contribution < -0.4 is 4.90 Å². The van der Waals surface area contributed by atoms with Gasteiger partial charge >= 0.3 is 0 Å². The van der Waals surface area contributed by atoms with E-state index in [0.717, 1.165) is 43.7 Å². The Bertz CT molecular complexity index is 579. The van der Waals surface area contributed by atoms with E-state index < -0.39 is 6.10 Å². The monoisotopic (exact) mass is 330 g/mol. The van der Waals surface area contributed by atoms with E-state index >= 15 is 0 Å². The molecule has 1 atom stereocenters. The minimum absolute atomic E-state index is 0.0142. The molecule has 1 amide bonds. The molecule has 24 heavy (non-hydrogen) atoms. The maximum Gasteiger partial charge on any atom is 0.229 e. The molecule has 1 aromatic rings. The van der Waals surface area contributed by atoms with Crippen LogP contribution in [0.15, 0.2) is 18.2 Å². The molecule has 0 bridgehead atoms. The lowest BCUT2D eigenvalue weighted by molar-refractivity contribution is -0.121. The van der Waals surface area contributed by atoms with Gasteiger partial charge in [-0.15, -0.1) is 0 Å². The number of carbonyl (C=O) groups excluding carboxylic acids is 1. The van der Waals surface area contributed by atoms with Gasteiger partial charge in [0.1, 0.15) is 0 Å². The molecule has 4 nitrogen and oxygen atoms in total. The summed E-state index contributed by atoms with van der Waals surface area (Å²) in [5, 5.41) is 10.6. The van der Waals surface area contributed by atoms with Crippen molar-refractivity contribution in [3.8, 4) is 0 Å². The van der Waals surface area contributed by atoms with Gasteiger partial charge in [0.05, 0.1) is 6.10 Å². The highest BCUT2D eigenvalue weighted by Gasteiger charge is 2.25. The van der Waals surface area contributed by atoms with Crippen LogP contribution in [0.5, 0.6) is 0 Å². The maximum atomic E-state index is 12.4. The second-order valence-electron chi connectivity index (χ2n) is 7.51. The number of hydrogen-bond donors (Lipinski definition) is 1. The zero-order valence-corrected chi connectivity index (χ0v) is 15.0. The van der Waals surface area contributed by atoms with Gasteiger partial charge in [-0.1, -0.05) is 32.4 Å². The predicted octanol–water partition coefficient (Wildman–Crippen LogP) is 3.14. The van der Waals surface area contributed by atoms with Crippen LogP contribution >= 0.6 is 0 Å². The standard InChI is InChI=1S/C20H30N2O2/c1-15(2)20(24)22-12-6-7-16-13-17(8-9-18(16)22)19(23)14-21-10-4-3-5-11-21/h8-9,13,15,19,23H,3-7,10-12,14H2,1-2H3/t19-/m1/s1. The molecule has 1 aromatic carbocycles. The summed E-state index contributed by atoms with van der Waals surface area (Å²) >= 11 is 0. The number of aliphatic hydroxyl groups is 1. The summed E-state index contributed by atoms with van der Waals surface area (Å²) in [6, 6.07) is 6.15. The number of amides is 1. The molecule has 0 spiro atoms. The third-order valence-electron chi connectivity index (χ3n) is 5.25. The molecule has 4 heteroatoms. The Balaban J connectivity index is 1.74. The first-order chi connectivity index (χ1) is 11.6. The minimum atomic E-state index is -0.440. The van der Waals surface area contributed by atoms with Crippen LogP contribution in [-0.4, -0.2) is 42.1 Å². The summed E-state index contributed by atoms with van der Waals surface area (Å²) in [5.41, 5.74) is 3.22. The van der Waals surface area contributed by atoms with Gasteiger partial charge in [-0.3, -0.25) is 4.79 Å². The van der Waals surface area contributed by atoms with Gasteiger partial charge < -0.3 is 14.9 Å². The molecule has 0 saturated carbocycles. The third kappa shape index (κ3) is 3.81. The van der Waals surface area contributed by atoms with E-state index in [1.54, 1.807) is 0 Å². The van der Waals surface area contributed by atoms with Crippen molar-refractivity contribution in [2.75, 3.05) is 31.1 Å². The zero-order valence-electron chi connectivity index (χ0n) is 15.0. The van der Waals surface area contributed by atoms with Crippen LogP contribution in [0.25, 0.3) is 0 Å². The Hall–Kier alpha value is -1.39. The van der Waals surface area contributed by atoms with Crippen molar-refractivity contribution in [2.45, 2.75) is 52.1 Å². The smallest absolute Gasteiger partial charge is 0.229 e. The van der Waals surface area contributed by atoms with Crippen molar-refractivity contribution in [3.63, 3.8) is 0 Å². The number of hydrogen-bond acceptors (Lipinski definition) is 3. The molecule has 0 radical (unpaired) electrons. The van der Waals surface area contributed by atoms with Crippen molar-refractivity contribution in [1.82, 2.24) is 4.90 Å². The Labute approximate surface area is 145 Å². The van der Waals surface area contributed by atoms with E-state index in [4.69, 9.17) is 0 Å². The molecular formula is C20H30N2O2. The quantitative estimate of drug-likeness (QED) is 0.922. The van der Waals surface area contributed by atoms with Crippen LogP contribution in [0.3, 0.4) is 0 Å². The molecule has 1 fully saturated rings. The fraction of sp³-hybridized carbons (Fsp3) is 0.650. The highest BCUT2D eigenvalue weighted by Crippen LogP contribution is 2.31. The third-order valence-corrected chi connectivity index (χ3v) is 5.25. The normalized spacial score (nSPS) is 20.1. The van der Waals surface area contributed by atoms with Gasteiger partial charge in [0, 0.05) is 24.7 Å². The molecule has 132 valence electrons. The summed E-state index contributed by atoms with van der Waals surface area (Å²) < 4.78 is 0. The number of β-amino-alcohol motifs (C(OH)–C–C–N with tert-alkyl or cyclic N) is 1. The van der Waals surface area contributed by atoms with E-state index in [-0.39, 0.29) is 11.8 Å². The molecule has 2 heterocycles. The summed E-state index contributed by atoms with van der Waals surface area (Å²) in [4.78, 5) is 16.7. The lowest BCUT2D eigenvalue weighted by Gasteiger charge is -2.32. The van der Waals surface area contributed by atoms with Gasteiger partial charge in [0.2, 0.25) is 5.91 Å². The van der Waals surface area contributed by atoms with Gasteiger partial charge in [0.25, 0.3) is 0 Å². The van der Waals surface area contributed by atoms with E-state index in [9.17, 15) is 9.90 Å². The average Bonchev–Trinajstić information content (AvgIpc) is 2.60. The van der Waals surface area contributed by atoms with Crippen LogP contribution in [0.4, 0.5) is 5.69 Å². The summed E-state index contributed by atoms with van der Waals surface area (Å²) in [7, 11) is 0. The zero-order chi connectivity index (χ0) is 17.1. The second kappa shape index (κ2) is 7.66. The van der Waals surface area contributed by atoms with Crippen molar-refractivity contribution in [2.24, 2.45) is 5.92 Å². The van der Waals surface area contributed by atoms with Crippen molar-refractivity contribution >= 4 is 11.6 Å². The summed E-state index contributed by atoms with van der Waals surface area (Å²) in [6.07, 6.45) is 5.33. The first kappa shape index (κ1) is 17.4. The first-order valence-corrected chi connectivity index (χ1v) is 9.41. The van der Waals surface area contributed by atoms with E-state index in [1.165, 1.54) is 24.8 Å². The van der Waals surface area contributed by atoms with Crippen LogP contribution in [0.2, 0.25) is 0 Å². The molecule has 3 rings (SSSR count). The molecule has 1 saturated heterocycles. The van der Waals surface area contributed by atoms with Gasteiger partial charge in [-0.2, -0.15) is 0 Å². The Kier molecular flexibility index (Phi) is 5.57. The number of anilines is 1. The summed E-state index contributed by atoms with van der Waals surface area (Å²) in [6.45, 7) is 7.62. The minimum Gasteiger partial charge on any atom is -0.387 e. The highest BCUT2D eigenvalue weighted by molar-refractivity contribution is 5.95. The molecule has 0 aromatic heterocycles. The first-order valence-electron chi connectivity index (χ1n) is 9.41. The van der Waals surface area contributed by atoms with Gasteiger partial charge in [0.15, 0.2) is 0 Å². The number of benzene rings is 1. The lowest BCUT2D eigenvalue weighted by Crippen LogP contribution is -2.38. The van der Waals surface area contributed by atoms with Gasteiger partial charge in [-0.25, -0.2) is 0 Å². The van der Waals surface area contributed by atoms with Gasteiger partial charge in [-0.05, 0) is 56.0 Å². The molecule has 2 aliphatic heterocycles. The van der Waals surface area contributed by atoms with E-state index in [2.05, 4.69) is 11.0 Å². The number of likely N-dealkylation sites (tertiary alicyclic amines) is 1. The number of piperidine rings is 1. The predicted molar refractivity (Wildman–Crippen MR) is 97.2 cm³/mol. The SMILES string of the molecule is CC(C)C(=O)N1CCCc2cc([C@H](O)CN3CCCCC3)ccc21. The largest absolute Gasteiger partial charge is 0.387 e. The Morgan fingerprint density at radius 2 is 1.88 bits per heavy atom.